The molecule has 0 radical (unpaired) electrons. The molecule has 1 saturated heterocycles. The zero-order chi connectivity index (χ0) is 13.7. The van der Waals surface area contributed by atoms with Gasteiger partial charge in [0.1, 0.15) is 0 Å². The van der Waals surface area contributed by atoms with Gasteiger partial charge >= 0.3 is 0 Å². The normalized spacial score (nSPS) is 19.4. The summed E-state index contributed by atoms with van der Waals surface area (Å²) >= 11 is 5.09. The summed E-state index contributed by atoms with van der Waals surface area (Å²) < 4.78 is 6.76. The highest BCUT2D eigenvalue weighted by Gasteiger charge is 2.17. The van der Waals surface area contributed by atoms with E-state index in [1.54, 1.807) is 16.2 Å². The summed E-state index contributed by atoms with van der Waals surface area (Å²) in [5, 5.41) is 2.08. The summed E-state index contributed by atoms with van der Waals surface area (Å²) in [5.41, 5.74) is 1.18. The molecule has 0 N–H and O–H groups in total. The average molecular weight is 346 g/mol. The van der Waals surface area contributed by atoms with Crippen LogP contribution in [0.4, 0.5) is 0 Å². The Morgan fingerprint density at radius 3 is 3.05 bits per heavy atom. The van der Waals surface area contributed by atoms with E-state index in [4.69, 9.17) is 4.74 Å². The van der Waals surface area contributed by atoms with Gasteiger partial charge < -0.3 is 9.64 Å². The van der Waals surface area contributed by atoms with Crippen LogP contribution in [0, 0.1) is 0 Å². The van der Waals surface area contributed by atoms with Gasteiger partial charge in [0.25, 0.3) is 0 Å². The van der Waals surface area contributed by atoms with Crippen molar-refractivity contribution < 1.29 is 9.53 Å². The lowest BCUT2D eigenvalue weighted by molar-refractivity contribution is -0.131. The number of carbonyl (C=O) groups is 1. The topological polar surface area (TPSA) is 29.5 Å². The van der Waals surface area contributed by atoms with Crippen LogP contribution in [-0.2, 0) is 16.1 Å². The number of nitrogens with zero attached hydrogens (tertiary/aromatic N) is 1. The number of rotatable bonds is 5. The third-order valence-corrected chi connectivity index (χ3v) is 4.97. The number of carbonyl (C=O) groups excluding carboxylic acids is 1. The molecule has 1 atom stereocenters. The molecule has 1 unspecified atom stereocenters. The monoisotopic (exact) mass is 345 g/mol. The van der Waals surface area contributed by atoms with Crippen molar-refractivity contribution in [3.05, 3.63) is 20.8 Å². The minimum absolute atomic E-state index is 0.205. The minimum Gasteiger partial charge on any atom is -0.378 e. The minimum atomic E-state index is 0.205. The molecule has 106 valence electrons. The number of halogens is 1. The SMILES string of the molecule is CN(Cc1csc(Br)c1)C(=O)CCC1CCCCO1. The van der Waals surface area contributed by atoms with Crippen LogP contribution >= 0.6 is 27.3 Å². The van der Waals surface area contributed by atoms with Crippen molar-refractivity contribution in [1.82, 2.24) is 4.90 Å². The molecule has 5 heteroatoms. The third-order valence-electron chi connectivity index (χ3n) is 3.42. The maximum Gasteiger partial charge on any atom is 0.222 e. The molecule has 2 rings (SSSR count). The quantitative estimate of drug-likeness (QED) is 0.811. The number of thiophene rings is 1. The van der Waals surface area contributed by atoms with E-state index in [0.29, 0.717) is 19.1 Å². The second-order valence-corrected chi connectivity index (χ2v) is 7.33. The molecule has 1 aromatic rings. The second-order valence-electron chi connectivity index (χ2n) is 5.04. The molecule has 1 aliphatic heterocycles. The highest BCUT2D eigenvalue weighted by Crippen LogP contribution is 2.22. The molecular weight excluding hydrogens is 326 g/mol. The predicted octanol–water partition coefficient (Wildman–Crippen LogP) is 3.82. The summed E-state index contributed by atoms with van der Waals surface area (Å²) in [7, 11) is 1.87. The van der Waals surface area contributed by atoms with E-state index in [1.807, 2.05) is 7.05 Å². The number of amides is 1. The summed E-state index contributed by atoms with van der Waals surface area (Å²) in [4.78, 5) is 13.9. The summed E-state index contributed by atoms with van der Waals surface area (Å²) in [6.07, 6.45) is 5.24. The van der Waals surface area contributed by atoms with E-state index in [9.17, 15) is 4.79 Å². The van der Waals surface area contributed by atoms with E-state index < -0.39 is 0 Å². The molecule has 0 saturated carbocycles. The van der Waals surface area contributed by atoms with Crippen LogP contribution in [0.25, 0.3) is 0 Å². The fourth-order valence-corrected chi connectivity index (χ4v) is 3.50. The maximum absolute atomic E-state index is 12.1. The van der Waals surface area contributed by atoms with Crippen molar-refractivity contribution in [3.8, 4) is 0 Å². The van der Waals surface area contributed by atoms with Crippen LogP contribution in [0.2, 0.25) is 0 Å². The fourth-order valence-electron chi connectivity index (χ4n) is 2.30. The Morgan fingerprint density at radius 2 is 2.42 bits per heavy atom. The molecular formula is C14H20BrNO2S. The lowest BCUT2D eigenvalue weighted by Crippen LogP contribution is -2.28. The first-order valence-corrected chi connectivity index (χ1v) is 8.41. The van der Waals surface area contributed by atoms with Crippen molar-refractivity contribution in [3.63, 3.8) is 0 Å². The molecule has 3 nitrogen and oxygen atoms in total. The third kappa shape index (κ3) is 4.89. The Kier molecular flexibility index (Phi) is 5.85. The van der Waals surface area contributed by atoms with Crippen molar-refractivity contribution in [2.24, 2.45) is 0 Å². The smallest absolute Gasteiger partial charge is 0.222 e. The Balaban J connectivity index is 1.72. The molecule has 0 spiro atoms. The van der Waals surface area contributed by atoms with Gasteiger partial charge in [-0.25, -0.2) is 0 Å². The second kappa shape index (κ2) is 7.41. The van der Waals surface area contributed by atoms with Gasteiger partial charge in [0.2, 0.25) is 5.91 Å². The van der Waals surface area contributed by atoms with Crippen LogP contribution in [0.1, 0.15) is 37.7 Å². The number of hydrogen-bond acceptors (Lipinski definition) is 3. The van der Waals surface area contributed by atoms with Gasteiger partial charge in [-0.05, 0) is 58.6 Å². The zero-order valence-electron chi connectivity index (χ0n) is 11.2. The number of hydrogen-bond donors (Lipinski definition) is 0. The zero-order valence-corrected chi connectivity index (χ0v) is 13.6. The van der Waals surface area contributed by atoms with E-state index in [1.165, 1.54) is 12.0 Å². The predicted molar refractivity (Wildman–Crippen MR) is 81.3 cm³/mol. The Hall–Kier alpha value is -0.390. The van der Waals surface area contributed by atoms with Gasteiger partial charge in [0.05, 0.1) is 9.89 Å². The van der Waals surface area contributed by atoms with Crippen molar-refractivity contribution >= 4 is 33.2 Å². The van der Waals surface area contributed by atoms with Crippen LogP contribution < -0.4 is 0 Å². The molecule has 1 aromatic heterocycles. The largest absolute Gasteiger partial charge is 0.378 e. The summed E-state index contributed by atoms with van der Waals surface area (Å²) in [6.45, 7) is 1.55. The number of ether oxygens (including phenoxy) is 1. The molecule has 1 aliphatic rings. The van der Waals surface area contributed by atoms with Gasteiger partial charge in [-0.15, -0.1) is 11.3 Å². The Bertz CT molecular complexity index is 415. The molecule has 2 heterocycles. The first kappa shape index (κ1) is 15.0. The molecule has 0 aromatic carbocycles. The van der Waals surface area contributed by atoms with E-state index in [-0.39, 0.29) is 5.91 Å². The molecule has 0 bridgehead atoms. The van der Waals surface area contributed by atoms with Crippen LogP contribution in [0.3, 0.4) is 0 Å². The summed E-state index contributed by atoms with van der Waals surface area (Å²) in [6, 6.07) is 2.07. The van der Waals surface area contributed by atoms with Crippen LogP contribution in [0.5, 0.6) is 0 Å². The van der Waals surface area contributed by atoms with Crippen molar-refractivity contribution in [2.45, 2.75) is 44.8 Å². The fraction of sp³-hybridized carbons (Fsp3) is 0.643. The van der Waals surface area contributed by atoms with Crippen LogP contribution in [-0.4, -0.2) is 30.6 Å². The summed E-state index contributed by atoms with van der Waals surface area (Å²) in [5.74, 6) is 0.205. The van der Waals surface area contributed by atoms with Crippen LogP contribution in [0.15, 0.2) is 15.2 Å². The van der Waals surface area contributed by atoms with Crippen molar-refractivity contribution in [1.29, 1.82) is 0 Å². The molecule has 1 amide bonds. The first-order chi connectivity index (χ1) is 9.15. The van der Waals surface area contributed by atoms with E-state index >= 15 is 0 Å². The van der Waals surface area contributed by atoms with E-state index in [2.05, 4.69) is 27.4 Å². The molecule has 19 heavy (non-hydrogen) atoms. The van der Waals surface area contributed by atoms with E-state index in [0.717, 1.165) is 29.7 Å². The van der Waals surface area contributed by atoms with Crippen molar-refractivity contribution in [2.75, 3.05) is 13.7 Å². The Labute approximate surface area is 127 Å². The van der Waals surface area contributed by atoms with Gasteiger partial charge in [0, 0.05) is 26.6 Å². The maximum atomic E-state index is 12.1. The standard InChI is InChI=1S/C14H20BrNO2S/c1-16(9-11-8-13(15)19-10-11)14(17)6-5-12-4-2-3-7-18-12/h8,10,12H,2-7,9H2,1H3. The average Bonchev–Trinajstić information content (AvgIpc) is 2.82. The molecule has 1 fully saturated rings. The van der Waals surface area contributed by atoms with Gasteiger partial charge in [-0.2, -0.15) is 0 Å². The Morgan fingerprint density at radius 1 is 1.58 bits per heavy atom. The highest BCUT2D eigenvalue weighted by molar-refractivity contribution is 9.11. The highest BCUT2D eigenvalue weighted by atomic mass is 79.9. The van der Waals surface area contributed by atoms with Gasteiger partial charge in [-0.1, -0.05) is 0 Å². The van der Waals surface area contributed by atoms with Gasteiger partial charge in [0.15, 0.2) is 0 Å². The molecule has 0 aliphatic carbocycles. The lowest BCUT2D eigenvalue weighted by Gasteiger charge is -2.23. The van der Waals surface area contributed by atoms with Gasteiger partial charge in [-0.3, -0.25) is 4.79 Å². The first-order valence-electron chi connectivity index (χ1n) is 6.73. The lowest BCUT2D eigenvalue weighted by atomic mass is 10.0.